The third-order valence-corrected chi connectivity index (χ3v) is 4.06. The Labute approximate surface area is 159 Å². The molecule has 27 heavy (non-hydrogen) atoms. The lowest BCUT2D eigenvalue weighted by Crippen LogP contribution is -2.32. The summed E-state index contributed by atoms with van der Waals surface area (Å²) < 4.78 is 6.77. The van der Waals surface area contributed by atoms with Gasteiger partial charge in [-0.1, -0.05) is 31.2 Å². The maximum atomic E-state index is 12.5. The number of nitrogens with one attached hydrogen (secondary N) is 1. The van der Waals surface area contributed by atoms with E-state index in [4.69, 9.17) is 10.5 Å². The van der Waals surface area contributed by atoms with E-state index < -0.39 is 11.9 Å². The highest BCUT2D eigenvalue weighted by molar-refractivity contribution is 6.04. The van der Waals surface area contributed by atoms with E-state index in [1.165, 1.54) is 0 Å². The molecule has 0 saturated heterocycles. The molecular weight excluding hydrogens is 346 g/mol. The summed E-state index contributed by atoms with van der Waals surface area (Å²) in [5.41, 5.74) is 8.12. The molecule has 3 N–H and O–H groups in total. The van der Waals surface area contributed by atoms with Crippen molar-refractivity contribution < 1.29 is 14.3 Å². The van der Waals surface area contributed by atoms with Crippen LogP contribution in [0.3, 0.4) is 0 Å². The first-order valence-electron chi connectivity index (χ1n) is 9.08. The zero-order chi connectivity index (χ0) is 19.8. The lowest BCUT2D eigenvalue weighted by molar-refractivity contribution is -0.151. The predicted molar refractivity (Wildman–Crippen MR) is 102 cm³/mol. The van der Waals surface area contributed by atoms with E-state index in [1.807, 2.05) is 26.0 Å². The number of ether oxygens (including phenoxy) is 1. The van der Waals surface area contributed by atoms with Gasteiger partial charge in [-0.15, -0.1) is 5.10 Å². The van der Waals surface area contributed by atoms with E-state index in [9.17, 15) is 9.59 Å². The Morgan fingerprint density at radius 2 is 1.96 bits per heavy atom. The molecule has 0 aliphatic heterocycles. The van der Waals surface area contributed by atoms with Crippen molar-refractivity contribution >= 4 is 17.6 Å². The minimum atomic E-state index is -0.813. The molecule has 0 aliphatic carbocycles. The third-order valence-electron chi connectivity index (χ3n) is 4.06. The van der Waals surface area contributed by atoms with Gasteiger partial charge >= 0.3 is 5.97 Å². The van der Waals surface area contributed by atoms with Crippen LogP contribution in [0.25, 0.3) is 0 Å². The second-order valence-electron chi connectivity index (χ2n) is 6.71. The van der Waals surface area contributed by atoms with Gasteiger partial charge in [-0.05, 0) is 37.0 Å². The number of anilines is 1. The Hall–Kier alpha value is -2.74. The first-order chi connectivity index (χ1) is 12.9. The van der Waals surface area contributed by atoms with Gasteiger partial charge in [0.05, 0.1) is 25.0 Å². The van der Waals surface area contributed by atoms with Crippen molar-refractivity contribution in [3.05, 3.63) is 41.7 Å². The average molecular weight is 373 g/mol. The SMILES string of the molecule is CCOC(=O)C(CC(C)C)C(=O)Nc1ccc(Cn2nncc2CN)cc1. The van der Waals surface area contributed by atoms with Crippen LogP contribution in [0.1, 0.15) is 38.4 Å². The molecule has 1 heterocycles. The normalized spacial score (nSPS) is 12.0. The summed E-state index contributed by atoms with van der Waals surface area (Å²) in [6, 6.07) is 7.37. The molecule has 2 aromatic rings. The molecule has 8 nitrogen and oxygen atoms in total. The number of esters is 1. The van der Waals surface area contributed by atoms with Crippen molar-refractivity contribution in [3.8, 4) is 0 Å². The number of benzene rings is 1. The van der Waals surface area contributed by atoms with Gasteiger partial charge in [-0.2, -0.15) is 0 Å². The molecule has 1 aromatic heterocycles. The number of carbonyl (C=O) groups is 2. The van der Waals surface area contributed by atoms with Gasteiger partial charge < -0.3 is 15.8 Å². The highest BCUT2D eigenvalue weighted by atomic mass is 16.5. The lowest BCUT2D eigenvalue weighted by atomic mass is 9.96. The molecule has 0 bridgehead atoms. The number of rotatable bonds is 9. The predicted octanol–water partition coefficient (Wildman–Crippen LogP) is 1.95. The van der Waals surface area contributed by atoms with Gasteiger partial charge in [0.15, 0.2) is 0 Å². The fourth-order valence-electron chi connectivity index (χ4n) is 2.69. The van der Waals surface area contributed by atoms with E-state index in [2.05, 4.69) is 15.6 Å². The second-order valence-corrected chi connectivity index (χ2v) is 6.71. The number of hydrogen-bond acceptors (Lipinski definition) is 6. The molecule has 2 rings (SSSR count). The Kier molecular flexibility index (Phi) is 7.48. The number of hydrogen-bond donors (Lipinski definition) is 2. The van der Waals surface area contributed by atoms with Crippen molar-refractivity contribution in [1.82, 2.24) is 15.0 Å². The molecule has 0 spiro atoms. The van der Waals surface area contributed by atoms with Crippen molar-refractivity contribution in [2.24, 2.45) is 17.6 Å². The molecule has 1 amide bonds. The van der Waals surface area contributed by atoms with Crippen molar-refractivity contribution in [1.29, 1.82) is 0 Å². The first-order valence-corrected chi connectivity index (χ1v) is 9.08. The smallest absolute Gasteiger partial charge is 0.318 e. The molecule has 0 aliphatic rings. The van der Waals surface area contributed by atoms with Gasteiger partial charge in [0.1, 0.15) is 5.92 Å². The zero-order valence-electron chi connectivity index (χ0n) is 16.0. The molecule has 1 atom stereocenters. The summed E-state index contributed by atoms with van der Waals surface area (Å²) in [6.07, 6.45) is 2.08. The summed E-state index contributed by atoms with van der Waals surface area (Å²) in [5.74, 6) is -1.45. The van der Waals surface area contributed by atoms with Crippen LogP contribution in [0.4, 0.5) is 5.69 Å². The summed E-state index contributed by atoms with van der Waals surface area (Å²) in [7, 11) is 0. The number of nitrogens with two attached hydrogens (primary N) is 1. The lowest BCUT2D eigenvalue weighted by Gasteiger charge is -2.17. The summed E-state index contributed by atoms with van der Waals surface area (Å²) in [6.45, 7) is 6.82. The van der Waals surface area contributed by atoms with Crippen molar-refractivity contribution in [2.45, 2.75) is 40.3 Å². The molecule has 1 unspecified atom stereocenters. The van der Waals surface area contributed by atoms with Crippen molar-refractivity contribution in [2.75, 3.05) is 11.9 Å². The quantitative estimate of drug-likeness (QED) is 0.513. The van der Waals surface area contributed by atoms with E-state index >= 15 is 0 Å². The van der Waals surface area contributed by atoms with Gasteiger partial charge in [-0.25, -0.2) is 4.68 Å². The Morgan fingerprint density at radius 1 is 1.26 bits per heavy atom. The van der Waals surface area contributed by atoms with E-state index in [0.717, 1.165) is 11.3 Å². The maximum absolute atomic E-state index is 12.5. The molecule has 0 radical (unpaired) electrons. The van der Waals surface area contributed by atoms with Crippen molar-refractivity contribution in [3.63, 3.8) is 0 Å². The first kappa shape index (κ1) is 20.6. The second kappa shape index (κ2) is 9.82. The van der Waals surface area contributed by atoms with Crippen LogP contribution >= 0.6 is 0 Å². The molecule has 0 saturated carbocycles. The van der Waals surface area contributed by atoms with Crippen LogP contribution in [0.15, 0.2) is 30.5 Å². The monoisotopic (exact) mass is 373 g/mol. The minimum Gasteiger partial charge on any atom is -0.465 e. The molecule has 0 fully saturated rings. The van der Waals surface area contributed by atoms with Gasteiger partial charge in [0.2, 0.25) is 5.91 Å². The van der Waals surface area contributed by atoms with Crippen LogP contribution in [0, 0.1) is 11.8 Å². The maximum Gasteiger partial charge on any atom is 0.318 e. The Morgan fingerprint density at radius 3 is 2.56 bits per heavy atom. The Bertz CT molecular complexity index is 755. The number of aromatic nitrogens is 3. The molecule has 1 aromatic carbocycles. The van der Waals surface area contributed by atoms with Crippen LogP contribution in [0.5, 0.6) is 0 Å². The number of nitrogens with zero attached hydrogens (tertiary/aromatic N) is 3. The number of amides is 1. The van der Waals surface area contributed by atoms with Crippen LogP contribution in [0.2, 0.25) is 0 Å². The van der Waals surface area contributed by atoms with E-state index in [1.54, 1.807) is 29.9 Å². The average Bonchev–Trinajstić information content (AvgIpc) is 3.08. The Balaban J connectivity index is 2.03. The number of carbonyl (C=O) groups excluding carboxylic acids is 2. The molecule has 8 heteroatoms. The largest absolute Gasteiger partial charge is 0.465 e. The highest BCUT2D eigenvalue weighted by Gasteiger charge is 2.28. The summed E-state index contributed by atoms with van der Waals surface area (Å²) in [4.78, 5) is 24.6. The fraction of sp³-hybridized carbons (Fsp3) is 0.474. The fourth-order valence-corrected chi connectivity index (χ4v) is 2.69. The summed E-state index contributed by atoms with van der Waals surface area (Å²) in [5, 5.41) is 10.7. The van der Waals surface area contributed by atoms with Gasteiger partial charge in [-0.3, -0.25) is 9.59 Å². The van der Waals surface area contributed by atoms with Crippen LogP contribution in [-0.4, -0.2) is 33.5 Å². The minimum absolute atomic E-state index is 0.201. The highest BCUT2D eigenvalue weighted by Crippen LogP contribution is 2.18. The standard InChI is InChI=1S/C19H27N5O3/c1-4-27-19(26)17(9-13(2)3)18(25)22-15-7-5-14(6-8-15)12-24-16(10-20)11-21-23-24/h5-8,11,13,17H,4,9-10,12,20H2,1-3H3,(H,22,25). The topological polar surface area (TPSA) is 112 Å². The summed E-state index contributed by atoms with van der Waals surface area (Å²) >= 11 is 0. The third kappa shape index (κ3) is 5.89. The van der Waals surface area contributed by atoms with Gasteiger partial charge in [0.25, 0.3) is 0 Å². The molecule has 146 valence electrons. The van der Waals surface area contributed by atoms with E-state index in [-0.39, 0.29) is 18.4 Å². The van der Waals surface area contributed by atoms with E-state index in [0.29, 0.717) is 25.2 Å². The van der Waals surface area contributed by atoms with Gasteiger partial charge in [0, 0.05) is 12.2 Å². The molecular formula is C19H27N5O3. The van der Waals surface area contributed by atoms with Crippen LogP contribution < -0.4 is 11.1 Å². The zero-order valence-corrected chi connectivity index (χ0v) is 16.0. The van der Waals surface area contributed by atoms with Crippen LogP contribution in [-0.2, 0) is 27.4 Å².